The highest BCUT2D eigenvalue weighted by Crippen LogP contribution is 2.25. The number of ether oxygens (including phenoxy) is 1. The van der Waals surface area contributed by atoms with E-state index in [2.05, 4.69) is 24.1 Å². The lowest BCUT2D eigenvalue weighted by Gasteiger charge is -2.27. The Morgan fingerprint density at radius 3 is 2.57 bits per heavy atom. The smallest absolute Gasteiger partial charge is 0.407 e. The number of nitrogens with two attached hydrogens (primary N) is 1. The summed E-state index contributed by atoms with van der Waals surface area (Å²) in [6, 6.07) is 0.351. The van der Waals surface area contributed by atoms with Gasteiger partial charge >= 0.3 is 6.09 Å². The molecular weight excluding hydrogens is 266 g/mol. The molecule has 21 heavy (non-hydrogen) atoms. The number of hydrogen-bond donors (Lipinski definition) is 2. The number of nitrogens with zero attached hydrogens (tertiary/aromatic N) is 1. The van der Waals surface area contributed by atoms with Crippen LogP contribution in [0.25, 0.3) is 0 Å². The van der Waals surface area contributed by atoms with Gasteiger partial charge in [0.1, 0.15) is 5.60 Å². The fourth-order valence-corrected chi connectivity index (χ4v) is 2.80. The van der Waals surface area contributed by atoms with Crippen molar-refractivity contribution in [3.63, 3.8) is 0 Å². The molecule has 5 nitrogen and oxygen atoms in total. The number of rotatable bonds is 6. The SMILES string of the molecule is CC(C)C1CCN(C(CN)CCNC(=O)OC(C)(C)C)C1. The van der Waals surface area contributed by atoms with Gasteiger partial charge in [0.25, 0.3) is 0 Å². The molecule has 2 unspecified atom stereocenters. The van der Waals surface area contributed by atoms with E-state index in [1.54, 1.807) is 0 Å². The van der Waals surface area contributed by atoms with Gasteiger partial charge in [-0.1, -0.05) is 13.8 Å². The van der Waals surface area contributed by atoms with E-state index in [9.17, 15) is 4.79 Å². The molecule has 2 atom stereocenters. The van der Waals surface area contributed by atoms with E-state index in [-0.39, 0.29) is 6.09 Å². The molecule has 1 fully saturated rings. The van der Waals surface area contributed by atoms with Gasteiger partial charge in [0.2, 0.25) is 0 Å². The topological polar surface area (TPSA) is 67.6 Å². The van der Waals surface area contributed by atoms with Crippen molar-refractivity contribution in [3.05, 3.63) is 0 Å². The molecule has 3 N–H and O–H groups in total. The standard InChI is InChI=1S/C16H33N3O2/c1-12(2)13-7-9-19(11-13)14(10-17)6-8-18-15(20)21-16(3,4)5/h12-14H,6-11,17H2,1-5H3,(H,18,20). The third-order valence-electron chi connectivity index (χ3n) is 4.13. The maximum Gasteiger partial charge on any atom is 0.407 e. The zero-order chi connectivity index (χ0) is 16.0. The van der Waals surface area contributed by atoms with Crippen LogP contribution in [-0.2, 0) is 4.74 Å². The maximum absolute atomic E-state index is 11.6. The average Bonchev–Trinajstić information content (AvgIpc) is 2.82. The first-order valence-electron chi connectivity index (χ1n) is 8.14. The number of hydrogen-bond acceptors (Lipinski definition) is 4. The molecule has 1 rings (SSSR count). The summed E-state index contributed by atoms with van der Waals surface area (Å²) in [7, 11) is 0. The summed E-state index contributed by atoms with van der Waals surface area (Å²) in [5.74, 6) is 1.51. The molecule has 5 heteroatoms. The quantitative estimate of drug-likeness (QED) is 0.789. The highest BCUT2D eigenvalue weighted by Gasteiger charge is 2.29. The van der Waals surface area contributed by atoms with Crippen LogP contribution in [-0.4, -0.2) is 48.8 Å². The Kier molecular flexibility index (Phi) is 6.94. The normalized spacial score (nSPS) is 21.6. The van der Waals surface area contributed by atoms with Crippen molar-refractivity contribution in [1.82, 2.24) is 10.2 Å². The molecule has 0 aromatic rings. The van der Waals surface area contributed by atoms with E-state index in [1.165, 1.54) is 6.42 Å². The molecule has 1 saturated heterocycles. The highest BCUT2D eigenvalue weighted by atomic mass is 16.6. The summed E-state index contributed by atoms with van der Waals surface area (Å²) in [5, 5.41) is 2.82. The van der Waals surface area contributed by atoms with Crippen LogP contribution in [0.5, 0.6) is 0 Å². The monoisotopic (exact) mass is 299 g/mol. The predicted molar refractivity (Wildman–Crippen MR) is 86.2 cm³/mol. The van der Waals surface area contributed by atoms with Crippen molar-refractivity contribution < 1.29 is 9.53 Å². The van der Waals surface area contributed by atoms with Crippen LogP contribution in [0.15, 0.2) is 0 Å². The molecule has 1 heterocycles. The van der Waals surface area contributed by atoms with Gasteiger partial charge in [0.05, 0.1) is 0 Å². The molecule has 0 aromatic carbocycles. The minimum atomic E-state index is -0.448. The summed E-state index contributed by atoms with van der Waals surface area (Å²) >= 11 is 0. The minimum absolute atomic E-state index is 0.347. The van der Waals surface area contributed by atoms with Gasteiger partial charge in [0, 0.05) is 25.7 Å². The molecule has 124 valence electrons. The Morgan fingerprint density at radius 2 is 2.10 bits per heavy atom. The van der Waals surface area contributed by atoms with Crippen LogP contribution in [0.1, 0.15) is 47.5 Å². The van der Waals surface area contributed by atoms with Crippen molar-refractivity contribution >= 4 is 6.09 Å². The molecule has 1 aliphatic rings. The second kappa shape index (κ2) is 7.99. The lowest BCUT2D eigenvalue weighted by atomic mass is 9.95. The van der Waals surface area contributed by atoms with Crippen LogP contribution in [0.3, 0.4) is 0 Å². The summed E-state index contributed by atoms with van der Waals surface area (Å²) in [6.45, 7) is 13.7. The third kappa shape index (κ3) is 6.66. The number of alkyl carbamates (subject to hydrolysis) is 1. The number of carbonyl (C=O) groups excluding carboxylic acids is 1. The average molecular weight is 299 g/mol. The van der Waals surface area contributed by atoms with Crippen molar-refractivity contribution in [2.45, 2.75) is 59.1 Å². The van der Waals surface area contributed by atoms with E-state index in [4.69, 9.17) is 10.5 Å². The Hall–Kier alpha value is -0.810. The Balaban J connectivity index is 2.31. The first-order chi connectivity index (χ1) is 9.73. The first kappa shape index (κ1) is 18.2. The van der Waals surface area contributed by atoms with E-state index in [0.717, 1.165) is 31.3 Å². The Labute approximate surface area is 129 Å². The van der Waals surface area contributed by atoms with Crippen LogP contribution < -0.4 is 11.1 Å². The molecule has 0 aromatic heterocycles. The third-order valence-corrected chi connectivity index (χ3v) is 4.13. The van der Waals surface area contributed by atoms with E-state index < -0.39 is 5.60 Å². The van der Waals surface area contributed by atoms with Crippen molar-refractivity contribution in [2.75, 3.05) is 26.2 Å². The molecule has 0 saturated carbocycles. The van der Waals surface area contributed by atoms with E-state index in [0.29, 0.717) is 19.1 Å². The Morgan fingerprint density at radius 1 is 1.43 bits per heavy atom. The molecular formula is C16H33N3O2. The summed E-state index contributed by atoms with van der Waals surface area (Å²) in [6.07, 6.45) is 1.79. The fourth-order valence-electron chi connectivity index (χ4n) is 2.80. The predicted octanol–water partition coefficient (Wildman–Crippen LogP) is 2.21. The largest absolute Gasteiger partial charge is 0.444 e. The van der Waals surface area contributed by atoms with Crippen LogP contribution in [0, 0.1) is 11.8 Å². The zero-order valence-electron chi connectivity index (χ0n) is 14.3. The maximum atomic E-state index is 11.6. The Bertz CT molecular complexity index is 326. The van der Waals surface area contributed by atoms with E-state index >= 15 is 0 Å². The summed E-state index contributed by atoms with van der Waals surface area (Å²) < 4.78 is 5.23. The van der Waals surface area contributed by atoms with Gasteiger partial charge in [-0.3, -0.25) is 4.90 Å². The van der Waals surface area contributed by atoms with Crippen LogP contribution in [0.4, 0.5) is 4.79 Å². The summed E-state index contributed by atoms with van der Waals surface area (Å²) in [5.41, 5.74) is 5.46. The van der Waals surface area contributed by atoms with Gasteiger partial charge in [-0.05, 0) is 52.0 Å². The first-order valence-corrected chi connectivity index (χ1v) is 8.14. The molecule has 0 bridgehead atoms. The van der Waals surface area contributed by atoms with Crippen LogP contribution in [0.2, 0.25) is 0 Å². The molecule has 0 aliphatic carbocycles. The highest BCUT2D eigenvalue weighted by molar-refractivity contribution is 5.67. The second-order valence-corrected chi connectivity index (χ2v) is 7.39. The lowest BCUT2D eigenvalue weighted by Crippen LogP contribution is -2.42. The number of likely N-dealkylation sites (tertiary alicyclic amines) is 1. The molecule has 1 aliphatic heterocycles. The number of carbonyl (C=O) groups is 1. The fraction of sp³-hybridized carbons (Fsp3) is 0.938. The van der Waals surface area contributed by atoms with Crippen LogP contribution >= 0.6 is 0 Å². The zero-order valence-corrected chi connectivity index (χ0v) is 14.3. The second-order valence-electron chi connectivity index (χ2n) is 7.39. The number of amides is 1. The van der Waals surface area contributed by atoms with Crippen molar-refractivity contribution in [3.8, 4) is 0 Å². The van der Waals surface area contributed by atoms with Gasteiger partial charge in [-0.2, -0.15) is 0 Å². The van der Waals surface area contributed by atoms with Gasteiger partial charge in [0.15, 0.2) is 0 Å². The van der Waals surface area contributed by atoms with Gasteiger partial charge in [-0.25, -0.2) is 4.79 Å². The minimum Gasteiger partial charge on any atom is -0.444 e. The van der Waals surface area contributed by atoms with Gasteiger partial charge in [-0.15, -0.1) is 0 Å². The van der Waals surface area contributed by atoms with Crippen molar-refractivity contribution in [2.24, 2.45) is 17.6 Å². The summed E-state index contributed by atoms with van der Waals surface area (Å²) in [4.78, 5) is 14.1. The lowest BCUT2D eigenvalue weighted by molar-refractivity contribution is 0.0522. The van der Waals surface area contributed by atoms with Crippen molar-refractivity contribution in [1.29, 1.82) is 0 Å². The van der Waals surface area contributed by atoms with Gasteiger partial charge < -0.3 is 15.8 Å². The molecule has 0 spiro atoms. The molecule has 1 amide bonds. The number of nitrogens with one attached hydrogen (secondary N) is 1. The van der Waals surface area contributed by atoms with E-state index in [1.807, 2.05) is 20.8 Å². The molecule has 0 radical (unpaired) electrons.